The van der Waals surface area contributed by atoms with Crippen molar-refractivity contribution in [2.45, 2.75) is 24.7 Å². The highest BCUT2D eigenvalue weighted by Gasteiger charge is 2.24. The van der Waals surface area contributed by atoms with Crippen LogP contribution in [0.2, 0.25) is 0 Å². The third-order valence-corrected chi connectivity index (χ3v) is 8.58. The number of fused-ring (bicyclic) bond motifs is 2. The third kappa shape index (κ3) is 5.39. The van der Waals surface area contributed by atoms with Gasteiger partial charge in [0.1, 0.15) is 11.2 Å². The van der Waals surface area contributed by atoms with Crippen LogP contribution < -0.4 is 20.1 Å². The van der Waals surface area contributed by atoms with Crippen molar-refractivity contribution in [2.75, 3.05) is 50.0 Å². The Morgan fingerprint density at radius 3 is 2.62 bits per heavy atom. The molecule has 6 nitrogen and oxygen atoms in total. The van der Waals surface area contributed by atoms with Crippen molar-refractivity contribution in [3.63, 3.8) is 0 Å². The summed E-state index contributed by atoms with van der Waals surface area (Å²) in [6.45, 7) is 6.92. The van der Waals surface area contributed by atoms with Gasteiger partial charge in [0.2, 0.25) is 0 Å². The van der Waals surface area contributed by atoms with Crippen LogP contribution in [0.25, 0.3) is 22.7 Å². The highest BCUT2D eigenvalue weighted by atomic mass is 32.2. The summed E-state index contributed by atoms with van der Waals surface area (Å²) in [5.74, 6) is 2.15. The summed E-state index contributed by atoms with van der Waals surface area (Å²) >= 11 is 1.83. The van der Waals surface area contributed by atoms with Crippen LogP contribution in [0.5, 0.6) is 0 Å². The third-order valence-electron chi connectivity index (χ3n) is 7.41. The Labute approximate surface area is 241 Å². The van der Waals surface area contributed by atoms with Gasteiger partial charge in [-0.1, -0.05) is 67.2 Å². The summed E-state index contributed by atoms with van der Waals surface area (Å²) in [7, 11) is 2.16. The fourth-order valence-corrected chi connectivity index (χ4v) is 6.60. The van der Waals surface area contributed by atoms with Gasteiger partial charge in [0, 0.05) is 49.5 Å². The number of anilines is 2. The minimum Gasteiger partial charge on any atom is -0.354 e. The summed E-state index contributed by atoms with van der Waals surface area (Å²) in [4.78, 5) is 10.6. The second-order valence-electron chi connectivity index (χ2n) is 10.2. The molecular formula is C33H37N6S+. The Morgan fingerprint density at radius 1 is 1.02 bits per heavy atom. The van der Waals surface area contributed by atoms with E-state index in [-0.39, 0.29) is 0 Å². The van der Waals surface area contributed by atoms with Crippen LogP contribution in [0.3, 0.4) is 0 Å². The smallest absolute Gasteiger partial charge is 0.280 e. The molecule has 3 aromatic carbocycles. The molecule has 0 saturated heterocycles. The van der Waals surface area contributed by atoms with Crippen LogP contribution in [0.15, 0.2) is 99.8 Å². The number of thioether (sulfide) groups is 1. The van der Waals surface area contributed by atoms with Crippen molar-refractivity contribution in [1.29, 1.82) is 0 Å². The quantitative estimate of drug-likeness (QED) is 0.194. The molecule has 2 aliphatic heterocycles. The van der Waals surface area contributed by atoms with E-state index in [1.165, 1.54) is 32.1 Å². The van der Waals surface area contributed by atoms with Gasteiger partial charge in [-0.15, -0.1) is 0 Å². The molecule has 6 rings (SSSR count). The monoisotopic (exact) mass is 549 g/mol. The van der Waals surface area contributed by atoms with E-state index < -0.39 is 0 Å². The average Bonchev–Trinajstić information content (AvgIpc) is 3.64. The number of pyridine rings is 1. The first kappa shape index (κ1) is 26.3. The van der Waals surface area contributed by atoms with Crippen LogP contribution in [0.4, 0.5) is 11.5 Å². The zero-order valence-corrected chi connectivity index (χ0v) is 24.1. The first-order valence-corrected chi connectivity index (χ1v) is 15.1. The van der Waals surface area contributed by atoms with Gasteiger partial charge < -0.3 is 15.1 Å². The van der Waals surface area contributed by atoms with Gasteiger partial charge in [0.25, 0.3) is 5.82 Å². The van der Waals surface area contributed by atoms with Gasteiger partial charge in [-0.25, -0.2) is 0 Å². The molecule has 2 N–H and O–H groups in total. The number of para-hydroxylation sites is 3. The molecule has 1 aromatic heterocycles. The maximum absolute atomic E-state index is 4.66. The zero-order valence-electron chi connectivity index (χ0n) is 23.3. The van der Waals surface area contributed by atoms with Crippen LogP contribution in [0.1, 0.15) is 25.3 Å². The standard InChI is InChI=1S/C33H36N6S/c1-3-21-38(33-35-19-20-36-33)22-11-18-34-31-23-25(24-32-37(2)29-16-9-10-17-30(29)40-32)27-14-7-8-15-28(27)39(31)26-12-5-4-6-13-26/h4-10,12-17,23-24H,3,11,18-22H2,1-2H3,(H,35,36)/p+1. The highest BCUT2D eigenvalue weighted by molar-refractivity contribution is 8.03. The maximum Gasteiger partial charge on any atom is 0.280 e. The number of guanidine groups is 1. The molecule has 3 heterocycles. The van der Waals surface area contributed by atoms with Gasteiger partial charge in [-0.05, 0) is 48.4 Å². The molecule has 7 heteroatoms. The summed E-state index contributed by atoms with van der Waals surface area (Å²) < 4.78 is 2.35. The van der Waals surface area contributed by atoms with Crippen molar-refractivity contribution in [3.05, 3.63) is 95.5 Å². The molecule has 0 bridgehead atoms. The second-order valence-corrected chi connectivity index (χ2v) is 11.2. The van der Waals surface area contributed by atoms with E-state index in [0.29, 0.717) is 0 Å². The molecule has 0 saturated carbocycles. The number of benzene rings is 3. The fourth-order valence-electron chi connectivity index (χ4n) is 5.49. The van der Waals surface area contributed by atoms with E-state index in [2.05, 4.69) is 135 Å². The lowest BCUT2D eigenvalue weighted by atomic mass is 10.1. The lowest BCUT2D eigenvalue weighted by Gasteiger charge is -2.23. The molecule has 2 aliphatic rings. The van der Waals surface area contributed by atoms with Crippen LogP contribution in [-0.4, -0.2) is 50.6 Å². The second kappa shape index (κ2) is 12.0. The predicted molar refractivity (Wildman–Crippen MR) is 169 cm³/mol. The number of rotatable bonds is 9. The van der Waals surface area contributed by atoms with E-state index in [9.17, 15) is 0 Å². The Morgan fingerprint density at radius 2 is 1.82 bits per heavy atom. The number of hydrogen-bond acceptors (Lipinski definition) is 6. The van der Waals surface area contributed by atoms with Crippen molar-refractivity contribution < 1.29 is 4.57 Å². The molecule has 0 radical (unpaired) electrons. The first-order valence-electron chi connectivity index (χ1n) is 14.3. The molecule has 4 aromatic rings. The molecule has 0 atom stereocenters. The lowest BCUT2D eigenvalue weighted by Crippen LogP contribution is -2.40. The van der Waals surface area contributed by atoms with E-state index >= 15 is 0 Å². The van der Waals surface area contributed by atoms with Crippen LogP contribution in [-0.2, 0) is 0 Å². The highest BCUT2D eigenvalue weighted by Crippen LogP contribution is 2.45. The fraction of sp³-hybridized carbons (Fsp3) is 0.273. The lowest BCUT2D eigenvalue weighted by molar-refractivity contribution is -0.551. The van der Waals surface area contributed by atoms with Crippen molar-refractivity contribution in [1.82, 2.24) is 10.2 Å². The van der Waals surface area contributed by atoms with Crippen molar-refractivity contribution >= 4 is 46.2 Å². The molecule has 0 aliphatic carbocycles. The largest absolute Gasteiger partial charge is 0.354 e. The van der Waals surface area contributed by atoms with E-state index in [4.69, 9.17) is 0 Å². The summed E-state index contributed by atoms with van der Waals surface area (Å²) in [6, 6.07) is 30.3. The minimum atomic E-state index is 0.870. The molecule has 204 valence electrons. The first-order chi connectivity index (χ1) is 19.7. The van der Waals surface area contributed by atoms with E-state index in [0.717, 1.165) is 63.0 Å². The topological polar surface area (TPSA) is 46.8 Å². The number of aliphatic imine (C=N–C) groups is 1. The predicted octanol–water partition coefficient (Wildman–Crippen LogP) is 6.13. The molecule has 40 heavy (non-hydrogen) atoms. The SMILES string of the molecule is CCCN(CCCNc1cc(C=C2Sc3ccccc3N2C)c2ccccc2[n+]1-c1ccccc1)C1=NCCN1. The van der Waals surface area contributed by atoms with Crippen molar-refractivity contribution in [3.8, 4) is 5.69 Å². The van der Waals surface area contributed by atoms with Gasteiger partial charge in [-0.3, -0.25) is 10.3 Å². The van der Waals surface area contributed by atoms with E-state index in [1.54, 1.807) is 0 Å². The molecule has 0 spiro atoms. The van der Waals surface area contributed by atoms with Gasteiger partial charge in [0.05, 0.1) is 23.8 Å². The normalized spacial score (nSPS) is 15.3. The number of aromatic nitrogens is 1. The summed E-state index contributed by atoms with van der Waals surface area (Å²) in [5.41, 5.74) is 4.81. The molecule has 0 amide bonds. The number of hydrogen-bond donors (Lipinski definition) is 2. The number of nitrogens with zero attached hydrogens (tertiary/aromatic N) is 4. The minimum absolute atomic E-state index is 0.870. The van der Waals surface area contributed by atoms with Crippen LogP contribution >= 0.6 is 11.8 Å². The average molecular weight is 550 g/mol. The zero-order chi connectivity index (χ0) is 27.3. The van der Waals surface area contributed by atoms with Gasteiger partial charge >= 0.3 is 0 Å². The molecule has 0 unspecified atom stereocenters. The maximum atomic E-state index is 4.66. The molecule has 0 fully saturated rings. The van der Waals surface area contributed by atoms with E-state index in [1.807, 2.05) is 11.8 Å². The van der Waals surface area contributed by atoms with Gasteiger partial charge in [-0.2, -0.15) is 4.57 Å². The summed E-state index contributed by atoms with van der Waals surface area (Å²) in [6.07, 6.45) is 4.47. The Hall–Kier alpha value is -3.97. The molecular weight excluding hydrogens is 512 g/mol. The van der Waals surface area contributed by atoms with Crippen molar-refractivity contribution in [2.24, 2.45) is 4.99 Å². The van der Waals surface area contributed by atoms with Gasteiger partial charge in [0.15, 0.2) is 5.96 Å². The van der Waals surface area contributed by atoms with Crippen LogP contribution in [0, 0.1) is 0 Å². The Balaban J connectivity index is 1.34. The summed E-state index contributed by atoms with van der Waals surface area (Å²) in [5, 5.41) is 9.72. The Bertz CT molecular complexity index is 1550. The number of nitrogens with one attached hydrogen (secondary N) is 2. The Kier molecular flexibility index (Phi) is 7.91.